The van der Waals surface area contributed by atoms with Crippen molar-refractivity contribution < 1.29 is 0 Å². The molecular formula is C12H14N2S. The van der Waals surface area contributed by atoms with E-state index in [-0.39, 0.29) is 0 Å². The summed E-state index contributed by atoms with van der Waals surface area (Å²) in [4.78, 5) is 1.13. The van der Waals surface area contributed by atoms with E-state index in [0.717, 1.165) is 11.3 Å². The maximum Gasteiger partial charge on any atom is 0.0753 e. The van der Waals surface area contributed by atoms with Gasteiger partial charge in [-0.15, -0.1) is 5.10 Å². The maximum absolute atomic E-state index is 3.86. The van der Waals surface area contributed by atoms with Gasteiger partial charge in [0.1, 0.15) is 0 Å². The van der Waals surface area contributed by atoms with E-state index < -0.39 is 0 Å². The van der Waals surface area contributed by atoms with Crippen LogP contribution in [0.2, 0.25) is 0 Å². The van der Waals surface area contributed by atoms with Gasteiger partial charge in [0, 0.05) is 0 Å². The van der Waals surface area contributed by atoms with E-state index in [1.165, 1.54) is 22.7 Å². The minimum absolute atomic E-state index is 0.709. The molecule has 1 heterocycles. The quantitative estimate of drug-likeness (QED) is 0.789. The second-order valence-corrected chi connectivity index (χ2v) is 4.86. The first kappa shape index (κ1) is 10.3. The molecule has 2 nitrogen and oxygen atoms in total. The van der Waals surface area contributed by atoms with Crippen LogP contribution in [-0.4, -0.2) is 9.59 Å². The van der Waals surface area contributed by atoms with Gasteiger partial charge in [-0.05, 0) is 35.0 Å². The molecule has 0 radical (unpaired) electrons. The number of benzene rings is 1. The lowest BCUT2D eigenvalue weighted by molar-refractivity contribution is 0.647. The first-order chi connectivity index (χ1) is 7.25. The molecule has 3 heteroatoms. The van der Waals surface area contributed by atoms with Gasteiger partial charge in [-0.25, -0.2) is 0 Å². The van der Waals surface area contributed by atoms with Crippen molar-refractivity contribution in [2.75, 3.05) is 0 Å². The van der Waals surface area contributed by atoms with Crippen LogP contribution in [0.25, 0.3) is 10.4 Å². The third-order valence-corrected chi connectivity index (χ3v) is 2.96. The van der Waals surface area contributed by atoms with Crippen molar-refractivity contribution in [2.45, 2.75) is 20.3 Å². The zero-order valence-electron chi connectivity index (χ0n) is 8.97. The van der Waals surface area contributed by atoms with Gasteiger partial charge in [0.15, 0.2) is 0 Å². The van der Waals surface area contributed by atoms with Gasteiger partial charge >= 0.3 is 0 Å². The van der Waals surface area contributed by atoms with Gasteiger partial charge in [0.2, 0.25) is 0 Å². The fourth-order valence-corrected chi connectivity index (χ4v) is 2.09. The van der Waals surface area contributed by atoms with Crippen LogP contribution in [0.4, 0.5) is 0 Å². The SMILES string of the molecule is CC(C)Cc1ccc(-c2cnns2)cc1. The average molecular weight is 218 g/mol. The van der Waals surface area contributed by atoms with Crippen molar-refractivity contribution >= 4 is 11.5 Å². The Labute approximate surface area is 94.1 Å². The summed E-state index contributed by atoms with van der Waals surface area (Å²) in [5.74, 6) is 0.709. The molecule has 78 valence electrons. The molecule has 0 N–H and O–H groups in total. The van der Waals surface area contributed by atoms with Gasteiger partial charge in [-0.2, -0.15) is 0 Å². The Bertz CT molecular complexity index is 404. The molecule has 0 atom stereocenters. The van der Waals surface area contributed by atoms with Gasteiger partial charge < -0.3 is 0 Å². The minimum Gasteiger partial charge on any atom is -0.146 e. The lowest BCUT2D eigenvalue weighted by Gasteiger charge is -2.05. The lowest BCUT2D eigenvalue weighted by atomic mass is 10.0. The summed E-state index contributed by atoms with van der Waals surface area (Å²) in [6.45, 7) is 4.47. The Balaban J connectivity index is 2.17. The van der Waals surface area contributed by atoms with E-state index in [1.807, 2.05) is 6.20 Å². The molecule has 2 rings (SSSR count). The highest BCUT2D eigenvalue weighted by Gasteiger charge is 2.01. The minimum atomic E-state index is 0.709. The van der Waals surface area contributed by atoms with Crippen LogP contribution >= 0.6 is 11.5 Å². The summed E-state index contributed by atoms with van der Waals surface area (Å²) in [5, 5.41) is 3.84. The smallest absolute Gasteiger partial charge is 0.0753 e. The molecule has 0 unspecified atom stereocenters. The normalized spacial score (nSPS) is 10.9. The average Bonchev–Trinajstić information content (AvgIpc) is 2.71. The van der Waals surface area contributed by atoms with Crippen molar-refractivity contribution in [2.24, 2.45) is 5.92 Å². The third-order valence-electron chi connectivity index (χ3n) is 2.24. The fraction of sp³-hybridized carbons (Fsp3) is 0.333. The van der Waals surface area contributed by atoms with Gasteiger partial charge in [-0.3, -0.25) is 0 Å². The molecule has 0 bridgehead atoms. The van der Waals surface area contributed by atoms with E-state index in [9.17, 15) is 0 Å². The summed E-state index contributed by atoms with van der Waals surface area (Å²) in [6.07, 6.45) is 2.95. The topological polar surface area (TPSA) is 25.8 Å². The summed E-state index contributed by atoms with van der Waals surface area (Å²) in [6, 6.07) is 8.67. The number of hydrogen-bond donors (Lipinski definition) is 0. The Kier molecular flexibility index (Phi) is 3.11. The highest BCUT2D eigenvalue weighted by Crippen LogP contribution is 2.22. The number of rotatable bonds is 3. The third kappa shape index (κ3) is 2.63. The van der Waals surface area contributed by atoms with Gasteiger partial charge in [-0.1, -0.05) is 42.6 Å². The molecule has 0 fully saturated rings. The van der Waals surface area contributed by atoms with Gasteiger partial charge in [0.25, 0.3) is 0 Å². The first-order valence-corrected chi connectivity index (χ1v) is 5.89. The highest BCUT2D eigenvalue weighted by molar-refractivity contribution is 7.09. The summed E-state index contributed by atoms with van der Waals surface area (Å²) in [7, 11) is 0. The fourth-order valence-electron chi connectivity index (χ4n) is 1.57. The molecule has 0 spiro atoms. The predicted octanol–water partition coefficient (Wildman–Crippen LogP) is 3.40. The lowest BCUT2D eigenvalue weighted by Crippen LogP contribution is -1.93. The van der Waals surface area contributed by atoms with Crippen LogP contribution in [0.1, 0.15) is 19.4 Å². The largest absolute Gasteiger partial charge is 0.146 e. The van der Waals surface area contributed by atoms with E-state index in [0.29, 0.717) is 5.92 Å². The second-order valence-electron chi connectivity index (χ2n) is 4.08. The summed E-state index contributed by atoms with van der Waals surface area (Å²) in [5.41, 5.74) is 2.60. The van der Waals surface area contributed by atoms with Gasteiger partial charge in [0.05, 0.1) is 11.1 Å². The predicted molar refractivity (Wildman–Crippen MR) is 63.9 cm³/mol. The van der Waals surface area contributed by atoms with E-state index in [4.69, 9.17) is 0 Å². The summed E-state index contributed by atoms with van der Waals surface area (Å²) < 4.78 is 3.86. The van der Waals surface area contributed by atoms with Crippen LogP contribution < -0.4 is 0 Å². The molecule has 0 amide bonds. The van der Waals surface area contributed by atoms with E-state index in [1.54, 1.807) is 0 Å². The van der Waals surface area contributed by atoms with Crippen molar-refractivity contribution in [1.82, 2.24) is 9.59 Å². The molecule has 0 aliphatic carbocycles. The molecule has 0 aliphatic rings. The van der Waals surface area contributed by atoms with Crippen molar-refractivity contribution in [3.63, 3.8) is 0 Å². The van der Waals surface area contributed by atoms with Crippen molar-refractivity contribution in [3.8, 4) is 10.4 Å². The number of aromatic nitrogens is 2. The zero-order valence-corrected chi connectivity index (χ0v) is 9.79. The number of hydrogen-bond acceptors (Lipinski definition) is 3. The van der Waals surface area contributed by atoms with E-state index in [2.05, 4.69) is 47.7 Å². The molecule has 0 saturated heterocycles. The Morgan fingerprint density at radius 3 is 2.47 bits per heavy atom. The molecular weight excluding hydrogens is 204 g/mol. The second kappa shape index (κ2) is 4.53. The van der Waals surface area contributed by atoms with Crippen molar-refractivity contribution in [1.29, 1.82) is 0 Å². The van der Waals surface area contributed by atoms with Crippen LogP contribution in [0, 0.1) is 5.92 Å². The van der Waals surface area contributed by atoms with Crippen LogP contribution in [0.3, 0.4) is 0 Å². The van der Waals surface area contributed by atoms with Crippen LogP contribution in [0.15, 0.2) is 30.5 Å². The molecule has 1 aromatic heterocycles. The first-order valence-electron chi connectivity index (χ1n) is 5.12. The van der Waals surface area contributed by atoms with Crippen LogP contribution in [-0.2, 0) is 6.42 Å². The molecule has 0 aliphatic heterocycles. The molecule has 1 aromatic carbocycles. The summed E-state index contributed by atoms with van der Waals surface area (Å²) >= 11 is 1.43. The molecule has 0 saturated carbocycles. The standard InChI is InChI=1S/C12H14N2S/c1-9(2)7-10-3-5-11(6-4-10)12-8-13-14-15-12/h3-6,8-9H,7H2,1-2H3. The highest BCUT2D eigenvalue weighted by atomic mass is 32.1. The van der Waals surface area contributed by atoms with Crippen LogP contribution in [0.5, 0.6) is 0 Å². The molecule has 2 aromatic rings. The molecule has 15 heavy (non-hydrogen) atoms. The van der Waals surface area contributed by atoms with E-state index >= 15 is 0 Å². The monoisotopic (exact) mass is 218 g/mol. The maximum atomic E-state index is 3.86. The Hall–Kier alpha value is -1.22. The van der Waals surface area contributed by atoms with Crippen molar-refractivity contribution in [3.05, 3.63) is 36.0 Å². The Morgan fingerprint density at radius 2 is 1.93 bits per heavy atom. The Morgan fingerprint density at radius 1 is 1.20 bits per heavy atom. The zero-order chi connectivity index (χ0) is 10.7. The number of nitrogens with zero attached hydrogens (tertiary/aromatic N) is 2.